The molecule has 2 aromatic carbocycles. The smallest absolute Gasteiger partial charge is 0.202 e. The molecule has 52 heavy (non-hydrogen) atoms. The summed E-state index contributed by atoms with van der Waals surface area (Å²) in [4.78, 5) is 47.3. The fraction of sp³-hybridized carbons (Fsp3) is 0.537. The van der Waals surface area contributed by atoms with Gasteiger partial charge in [-0.2, -0.15) is 0 Å². The highest BCUT2D eigenvalue weighted by Gasteiger charge is 2.49. The zero-order valence-electron chi connectivity index (χ0n) is 31.9. The Balaban J connectivity index is 1.63. The molecule has 280 valence electrons. The van der Waals surface area contributed by atoms with Crippen LogP contribution in [0.4, 0.5) is 0 Å². The second kappa shape index (κ2) is 13.9. The van der Waals surface area contributed by atoms with Gasteiger partial charge in [-0.3, -0.25) is 14.4 Å². The largest absolute Gasteiger partial charge is 0.507 e. The summed E-state index contributed by atoms with van der Waals surface area (Å²) in [7, 11) is 7.47. The number of hydrogen-bond donors (Lipinski definition) is 3. The third-order valence-corrected chi connectivity index (χ3v) is 11.8. The number of aliphatic hydroxyl groups is 2. The van der Waals surface area contributed by atoms with Crippen molar-refractivity contribution in [3.05, 3.63) is 79.2 Å². The summed E-state index contributed by atoms with van der Waals surface area (Å²) in [6, 6.07) is 4.34. The summed E-state index contributed by atoms with van der Waals surface area (Å²) in [6.45, 7) is 11.0. The number of rotatable bonds is 7. The maximum atomic E-state index is 15.0. The lowest BCUT2D eigenvalue weighted by atomic mass is 9.74. The number of aliphatic hydroxyl groups excluding tert-OH is 2. The molecule has 3 heterocycles. The molecule has 0 bridgehead atoms. The van der Waals surface area contributed by atoms with E-state index in [4.69, 9.17) is 13.9 Å². The van der Waals surface area contributed by atoms with Crippen molar-refractivity contribution in [1.82, 2.24) is 9.80 Å². The fourth-order valence-corrected chi connectivity index (χ4v) is 8.32. The summed E-state index contributed by atoms with van der Waals surface area (Å²) < 4.78 is 19.1. The Morgan fingerprint density at radius 1 is 0.942 bits per heavy atom. The van der Waals surface area contributed by atoms with Crippen molar-refractivity contribution in [3.8, 4) is 5.75 Å². The van der Waals surface area contributed by atoms with E-state index in [1.54, 1.807) is 32.9 Å². The highest BCUT2D eigenvalue weighted by atomic mass is 16.5. The lowest BCUT2D eigenvalue weighted by Crippen LogP contribution is -2.59. The average Bonchev–Trinajstić information content (AvgIpc) is 3.08. The number of benzene rings is 2. The van der Waals surface area contributed by atoms with Gasteiger partial charge in [0, 0.05) is 34.3 Å². The van der Waals surface area contributed by atoms with Crippen molar-refractivity contribution < 1.29 is 38.8 Å². The molecular weight excluding hydrogens is 664 g/mol. The number of aryl methyl sites for hydroxylation is 1. The number of allylic oxidation sites excluding steroid dienone is 2. The first-order valence-electron chi connectivity index (χ1n) is 18.2. The van der Waals surface area contributed by atoms with Crippen LogP contribution in [-0.4, -0.2) is 101 Å². The van der Waals surface area contributed by atoms with Gasteiger partial charge in [-0.25, -0.2) is 0 Å². The molecule has 2 aliphatic heterocycles. The molecule has 6 rings (SSSR count). The summed E-state index contributed by atoms with van der Waals surface area (Å²) in [5.74, 6) is -1.27. The van der Waals surface area contributed by atoms with Crippen molar-refractivity contribution >= 4 is 28.1 Å². The number of ether oxygens (including phenoxy) is 2. The molecule has 8 unspecified atom stereocenters. The molecule has 11 heteroatoms. The second-order valence-electron chi connectivity index (χ2n) is 15.6. The SMILES string of the molecule is CCCC=C(C)c1cc(=O)c2c(C)cc3c(c2o1)C(=O)c1c(O)c(C2CC(C)(N(C)C)C(O)C(C)O2)cc(C2CC(N(C)C)C(O)C(C)O2)c1C3=O. The van der Waals surface area contributed by atoms with E-state index in [0.717, 1.165) is 18.4 Å². The summed E-state index contributed by atoms with van der Waals surface area (Å²) >= 11 is 0. The molecule has 0 saturated carbocycles. The standard InChI is InChI=1S/C41H52N2O9/c1-11-12-13-19(2)28-17-27(44)31-20(3)14-25-33(39(31)52-28)38(48)34-32(37(25)47)23(29-16-26(42(7)8)35(45)21(4)50-29)15-24(36(34)46)30-18-41(6,43(9)10)40(49)22(5)51-30/h13-15,17,21-22,26,29-30,35,40,45-46,49H,11-12,16,18H2,1-10H3. The third kappa shape index (κ3) is 6.05. The number of phenolic OH excluding ortho intramolecular Hbond substituents is 1. The van der Waals surface area contributed by atoms with E-state index in [1.807, 2.05) is 64.8 Å². The molecule has 2 fully saturated rings. The van der Waals surface area contributed by atoms with Crippen molar-refractivity contribution in [2.24, 2.45) is 0 Å². The first kappa shape index (κ1) is 38.0. The Bertz CT molecular complexity index is 2030. The monoisotopic (exact) mass is 716 g/mol. The first-order valence-corrected chi connectivity index (χ1v) is 18.2. The van der Waals surface area contributed by atoms with E-state index in [0.29, 0.717) is 23.3 Å². The highest BCUT2D eigenvalue weighted by Crippen LogP contribution is 2.49. The molecule has 8 atom stereocenters. The van der Waals surface area contributed by atoms with E-state index < -0.39 is 59.5 Å². The molecule has 3 N–H and O–H groups in total. The normalized spacial score (nSPS) is 29.6. The molecule has 1 aliphatic carbocycles. The van der Waals surface area contributed by atoms with E-state index in [2.05, 4.69) is 0 Å². The molecule has 3 aliphatic rings. The van der Waals surface area contributed by atoms with Crippen LogP contribution in [0.3, 0.4) is 0 Å². The minimum absolute atomic E-state index is 0.00118. The van der Waals surface area contributed by atoms with E-state index in [1.165, 1.54) is 6.07 Å². The van der Waals surface area contributed by atoms with Crippen LogP contribution in [0.2, 0.25) is 0 Å². The summed E-state index contributed by atoms with van der Waals surface area (Å²) in [5, 5.41) is 34.7. The number of fused-ring (bicyclic) bond motifs is 4. The van der Waals surface area contributed by atoms with Gasteiger partial charge in [-0.05, 0) is 111 Å². The number of carbonyl (C=O) groups is 2. The molecular formula is C41H52N2O9. The Hall–Kier alpha value is -3.71. The van der Waals surface area contributed by atoms with Gasteiger partial charge in [0.15, 0.2) is 16.8 Å². The molecule has 3 aromatic rings. The van der Waals surface area contributed by atoms with Crippen LogP contribution in [-0.2, 0) is 9.47 Å². The fourth-order valence-electron chi connectivity index (χ4n) is 8.32. The van der Waals surface area contributed by atoms with Crippen molar-refractivity contribution in [1.29, 1.82) is 0 Å². The number of phenols is 1. The lowest BCUT2D eigenvalue weighted by Gasteiger charge is -2.49. The first-order chi connectivity index (χ1) is 24.4. The number of aromatic hydroxyl groups is 1. The predicted molar refractivity (Wildman–Crippen MR) is 198 cm³/mol. The van der Waals surface area contributed by atoms with Crippen LogP contribution in [0, 0.1) is 6.92 Å². The quantitative estimate of drug-likeness (QED) is 0.224. The van der Waals surface area contributed by atoms with Gasteiger partial charge in [0.05, 0.1) is 53.1 Å². The molecule has 2 saturated heterocycles. The second-order valence-corrected chi connectivity index (χ2v) is 15.6. The van der Waals surface area contributed by atoms with Crippen LogP contribution >= 0.6 is 0 Å². The topological polar surface area (TPSA) is 150 Å². The summed E-state index contributed by atoms with van der Waals surface area (Å²) in [5.41, 5.74) is 0.605. The number of nitrogens with zero attached hydrogens (tertiary/aromatic N) is 2. The van der Waals surface area contributed by atoms with Crippen LogP contribution < -0.4 is 5.43 Å². The minimum Gasteiger partial charge on any atom is -0.507 e. The van der Waals surface area contributed by atoms with Crippen LogP contribution in [0.5, 0.6) is 5.75 Å². The van der Waals surface area contributed by atoms with Crippen molar-refractivity contribution in [3.63, 3.8) is 0 Å². The Morgan fingerprint density at radius 2 is 1.62 bits per heavy atom. The van der Waals surface area contributed by atoms with Gasteiger partial charge >= 0.3 is 0 Å². The number of ketones is 2. The Kier molecular flexibility index (Phi) is 10.2. The zero-order chi connectivity index (χ0) is 38.1. The van der Waals surface area contributed by atoms with Crippen molar-refractivity contribution in [2.75, 3.05) is 28.2 Å². The minimum atomic E-state index is -0.848. The van der Waals surface area contributed by atoms with Gasteiger partial charge in [0.1, 0.15) is 11.5 Å². The van der Waals surface area contributed by atoms with Gasteiger partial charge in [0.25, 0.3) is 0 Å². The van der Waals surface area contributed by atoms with Gasteiger partial charge in [-0.15, -0.1) is 0 Å². The van der Waals surface area contributed by atoms with Gasteiger partial charge in [0.2, 0.25) is 5.78 Å². The zero-order valence-corrected chi connectivity index (χ0v) is 31.9. The Labute approximate surface area is 304 Å². The van der Waals surface area contributed by atoms with Gasteiger partial charge < -0.3 is 39.0 Å². The maximum Gasteiger partial charge on any atom is 0.202 e. The van der Waals surface area contributed by atoms with Crippen molar-refractivity contribution in [2.45, 2.75) is 115 Å². The Morgan fingerprint density at radius 3 is 2.25 bits per heavy atom. The lowest BCUT2D eigenvalue weighted by molar-refractivity contribution is -0.176. The van der Waals surface area contributed by atoms with E-state index in [-0.39, 0.29) is 56.7 Å². The van der Waals surface area contributed by atoms with Crippen LogP contribution in [0.1, 0.15) is 127 Å². The highest BCUT2D eigenvalue weighted by molar-refractivity contribution is 6.33. The molecule has 11 nitrogen and oxygen atoms in total. The molecule has 0 radical (unpaired) electrons. The van der Waals surface area contributed by atoms with E-state index >= 15 is 4.79 Å². The number of unbranched alkanes of at least 4 members (excludes halogenated alkanes) is 1. The van der Waals surface area contributed by atoms with E-state index in [9.17, 15) is 24.9 Å². The average molecular weight is 717 g/mol. The van der Waals surface area contributed by atoms with Gasteiger partial charge in [-0.1, -0.05) is 19.4 Å². The third-order valence-electron chi connectivity index (χ3n) is 11.8. The maximum absolute atomic E-state index is 15.0. The number of hydrogen-bond acceptors (Lipinski definition) is 11. The number of likely N-dealkylation sites (N-methyl/N-ethyl adjacent to an activating group) is 2. The van der Waals surface area contributed by atoms with Crippen LogP contribution in [0.25, 0.3) is 16.5 Å². The molecule has 0 amide bonds. The molecule has 1 aromatic heterocycles. The predicted octanol–water partition coefficient (Wildman–Crippen LogP) is 5.46. The molecule has 0 spiro atoms. The number of carbonyl (C=O) groups excluding carboxylic acids is 2. The van der Waals surface area contributed by atoms with Crippen LogP contribution in [0.15, 0.2) is 33.5 Å². The summed E-state index contributed by atoms with van der Waals surface area (Å²) in [6.07, 6.45) is -0.212.